The standard InChI is InChI=1S/C11H11O2/c1-3-4-8-13-11-7-5-6-10(9-11)12-2/h5-6,9H,8H2,1-2H3. The van der Waals surface area contributed by atoms with Gasteiger partial charge in [-0.25, -0.2) is 0 Å². The molecule has 1 rings (SSSR count). The third-order valence-corrected chi connectivity index (χ3v) is 1.46. The van der Waals surface area contributed by atoms with E-state index >= 15 is 0 Å². The highest BCUT2D eigenvalue weighted by Gasteiger charge is 1.94. The minimum Gasteiger partial charge on any atom is -0.497 e. The first-order valence-corrected chi connectivity index (χ1v) is 3.95. The summed E-state index contributed by atoms with van der Waals surface area (Å²) in [5, 5.41) is 0. The second kappa shape index (κ2) is 5.10. The van der Waals surface area contributed by atoms with Gasteiger partial charge in [0.1, 0.15) is 18.1 Å². The molecular formula is C11H11O2. The van der Waals surface area contributed by atoms with Crippen molar-refractivity contribution in [1.29, 1.82) is 0 Å². The van der Waals surface area contributed by atoms with E-state index < -0.39 is 0 Å². The van der Waals surface area contributed by atoms with Gasteiger partial charge in [-0.3, -0.25) is 0 Å². The summed E-state index contributed by atoms with van der Waals surface area (Å²) in [7, 11) is 1.62. The topological polar surface area (TPSA) is 18.5 Å². The Kier molecular flexibility index (Phi) is 3.72. The molecule has 0 atom stereocenters. The summed E-state index contributed by atoms with van der Waals surface area (Å²) < 4.78 is 10.3. The van der Waals surface area contributed by atoms with Crippen molar-refractivity contribution < 1.29 is 9.47 Å². The van der Waals surface area contributed by atoms with E-state index in [0.29, 0.717) is 12.4 Å². The molecule has 0 aromatic heterocycles. The third kappa shape index (κ3) is 3.08. The Balaban J connectivity index is 2.59. The molecule has 0 saturated carbocycles. The van der Waals surface area contributed by atoms with Crippen molar-refractivity contribution in [2.45, 2.75) is 6.92 Å². The molecule has 0 aliphatic carbocycles. The maximum Gasteiger partial charge on any atom is 0.149 e. The first-order valence-electron chi connectivity index (χ1n) is 3.95. The average Bonchev–Trinajstić information content (AvgIpc) is 2.19. The van der Waals surface area contributed by atoms with Crippen LogP contribution in [0.1, 0.15) is 6.92 Å². The van der Waals surface area contributed by atoms with Crippen LogP contribution in [-0.2, 0) is 0 Å². The molecule has 0 N–H and O–H groups in total. The fourth-order valence-electron chi connectivity index (χ4n) is 0.821. The minimum absolute atomic E-state index is 0.389. The molecule has 0 saturated heterocycles. The van der Waals surface area contributed by atoms with Crippen LogP contribution in [0.5, 0.6) is 11.5 Å². The molecule has 0 aliphatic rings. The molecule has 0 unspecified atom stereocenters. The van der Waals surface area contributed by atoms with E-state index in [0.717, 1.165) is 5.75 Å². The van der Waals surface area contributed by atoms with Gasteiger partial charge in [0.2, 0.25) is 0 Å². The van der Waals surface area contributed by atoms with Crippen molar-refractivity contribution in [1.82, 2.24) is 0 Å². The molecule has 13 heavy (non-hydrogen) atoms. The first kappa shape index (κ1) is 9.47. The highest BCUT2D eigenvalue weighted by molar-refractivity contribution is 5.31. The van der Waals surface area contributed by atoms with Crippen molar-refractivity contribution in [3.63, 3.8) is 0 Å². The smallest absolute Gasteiger partial charge is 0.149 e. The average molecular weight is 175 g/mol. The van der Waals surface area contributed by atoms with Crippen LogP contribution in [0.2, 0.25) is 0 Å². The Morgan fingerprint density at radius 2 is 2.38 bits per heavy atom. The summed E-state index contributed by atoms with van der Waals surface area (Å²) in [5.74, 6) is 6.96. The highest BCUT2D eigenvalue weighted by Crippen LogP contribution is 2.17. The van der Waals surface area contributed by atoms with Gasteiger partial charge in [0, 0.05) is 12.1 Å². The second-order valence-corrected chi connectivity index (χ2v) is 2.31. The molecule has 2 nitrogen and oxygen atoms in total. The molecule has 0 spiro atoms. The van der Waals surface area contributed by atoms with Crippen molar-refractivity contribution in [3.8, 4) is 23.3 Å². The number of hydrogen-bond acceptors (Lipinski definition) is 2. The molecule has 0 aliphatic heterocycles. The zero-order valence-corrected chi connectivity index (χ0v) is 7.76. The van der Waals surface area contributed by atoms with Gasteiger partial charge in [-0.05, 0) is 19.1 Å². The predicted molar refractivity (Wildman–Crippen MR) is 50.8 cm³/mol. The lowest BCUT2D eigenvalue weighted by molar-refractivity contribution is 0.362. The summed E-state index contributed by atoms with van der Waals surface area (Å²) in [6.07, 6.45) is 0. The molecule has 2 heteroatoms. The molecule has 1 radical (unpaired) electrons. The van der Waals surface area contributed by atoms with Gasteiger partial charge in [0.25, 0.3) is 0 Å². The van der Waals surface area contributed by atoms with Crippen molar-refractivity contribution in [3.05, 3.63) is 24.3 Å². The Hall–Kier alpha value is -1.62. The third-order valence-electron chi connectivity index (χ3n) is 1.46. The van der Waals surface area contributed by atoms with Crippen molar-refractivity contribution in [2.75, 3.05) is 13.7 Å². The lowest BCUT2D eigenvalue weighted by Gasteiger charge is -2.03. The van der Waals surface area contributed by atoms with Crippen molar-refractivity contribution >= 4 is 0 Å². The zero-order chi connectivity index (χ0) is 9.52. The van der Waals surface area contributed by atoms with E-state index in [-0.39, 0.29) is 0 Å². The molecule has 0 bridgehead atoms. The number of benzene rings is 1. The highest BCUT2D eigenvalue weighted by atomic mass is 16.5. The number of hydrogen-bond donors (Lipinski definition) is 0. The number of methoxy groups -OCH3 is 1. The van der Waals surface area contributed by atoms with Gasteiger partial charge >= 0.3 is 0 Å². The van der Waals surface area contributed by atoms with Gasteiger partial charge in [-0.15, -0.1) is 5.92 Å². The summed E-state index contributed by atoms with van der Waals surface area (Å²) in [6.45, 7) is 2.17. The number of ether oxygens (including phenoxy) is 2. The summed E-state index contributed by atoms with van der Waals surface area (Å²) in [5.41, 5.74) is 0. The first-order chi connectivity index (χ1) is 6.36. The van der Waals surface area contributed by atoms with E-state index in [1.54, 1.807) is 26.2 Å². The molecule has 0 heterocycles. The monoisotopic (exact) mass is 175 g/mol. The van der Waals surface area contributed by atoms with Gasteiger partial charge in [0.15, 0.2) is 0 Å². The van der Waals surface area contributed by atoms with Crippen LogP contribution < -0.4 is 9.47 Å². The summed E-state index contributed by atoms with van der Waals surface area (Å²) in [6, 6.07) is 8.28. The van der Waals surface area contributed by atoms with Gasteiger partial charge in [-0.2, -0.15) is 0 Å². The van der Waals surface area contributed by atoms with Crippen LogP contribution in [0.3, 0.4) is 0 Å². The van der Waals surface area contributed by atoms with Crippen LogP contribution in [0.25, 0.3) is 0 Å². The van der Waals surface area contributed by atoms with E-state index in [1.165, 1.54) is 0 Å². The summed E-state index contributed by atoms with van der Waals surface area (Å²) >= 11 is 0. The zero-order valence-electron chi connectivity index (χ0n) is 7.76. The molecule has 0 fully saturated rings. The molecule has 1 aromatic carbocycles. The van der Waals surface area contributed by atoms with Crippen LogP contribution >= 0.6 is 0 Å². The van der Waals surface area contributed by atoms with Gasteiger partial charge in [-0.1, -0.05) is 5.92 Å². The van der Waals surface area contributed by atoms with E-state index in [2.05, 4.69) is 17.9 Å². The minimum atomic E-state index is 0.389. The van der Waals surface area contributed by atoms with Crippen LogP contribution in [0, 0.1) is 17.9 Å². The van der Waals surface area contributed by atoms with E-state index in [9.17, 15) is 0 Å². The lowest BCUT2D eigenvalue weighted by Crippen LogP contribution is -1.94. The second-order valence-electron chi connectivity index (χ2n) is 2.31. The lowest BCUT2D eigenvalue weighted by atomic mass is 10.3. The maximum atomic E-state index is 5.28. The summed E-state index contributed by atoms with van der Waals surface area (Å²) in [4.78, 5) is 0. The molecule has 1 aromatic rings. The predicted octanol–water partition coefficient (Wildman–Crippen LogP) is 1.90. The Labute approximate surface area is 78.5 Å². The fourth-order valence-corrected chi connectivity index (χ4v) is 0.821. The quantitative estimate of drug-likeness (QED) is 0.653. The van der Waals surface area contributed by atoms with E-state index in [4.69, 9.17) is 9.47 Å². The Bertz CT molecular complexity index is 320. The van der Waals surface area contributed by atoms with E-state index in [1.807, 2.05) is 6.07 Å². The van der Waals surface area contributed by atoms with Gasteiger partial charge < -0.3 is 9.47 Å². The van der Waals surface area contributed by atoms with Crippen LogP contribution in [-0.4, -0.2) is 13.7 Å². The fraction of sp³-hybridized carbons (Fsp3) is 0.273. The Morgan fingerprint density at radius 3 is 3.08 bits per heavy atom. The molecule has 67 valence electrons. The van der Waals surface area contributed by atoms with Crippen molar-refractivity contribution in [2.24, 2.45) is 0 Å². The largest absolute Gasteiger partial charge is 0.497 e. The SMILES string of the molecule is CC#CCOc1[c]ccc(OC)c1. The maximum absolute atomic E-state index is 5.28. The number of rotatable bonds is 3. The Morgan fingerprint density at radius 1 is 1.54 bits per heavy atom. The normalized spacial score (nSPS) is 8.46. The van der Waals surface area contributed by atoms with Crippen LogP contribution in [0.15, 0.2) is 18.2 Å². The molecule has 0 amide bonds. The van der Waals surface area contributed by atoms with Crippen LogP contribution in [0.4, 0.5) is 0 Å². The molecular weight excluding hydrogens is 164 g/mol. The van der Waals surface area contributed by atoms with Gasteiger partial charge in [0.05, 0.1) is 7.11 Å².